The topological polar surface area (TPSA) is 112 Å². The van der Waals surface area contributed by atoms with Crippen LogP contribution in [0.15, 0.2) is 4.52 Å². The maximum atomic E-state index is 5.52. The number of nitrogens with one attached hydrogen (secondary N) is 8. The fraction of sp³-hybridized carbons (Fsp3) is 1.00. The number of rotatable bonds is 11. The van der Waals surface area contributed by atoms with Crippen LogP contribution in [0, 0.1) is 0 Å². The maximum absolute atomic E-state index is 5.52. The summed E-state index contributed by atoms with van der Waals surface area (Å²) in [5.41, 5.74) is 0. The highest BCUT2D eigenvalue weighted by Crippen LogP contribution is 2.57. The molecule has 0 aromatic heterocycles. The summed E-state index contributed by atoms with van der Waals surface area (Å²) in [6.07, 6.45) is 0. The summed E-state index contributed by atoms with van der Waals surface area (Å²) >= 11 is 0. The monoisotopic (exact) mass is 555 g/mol. The standard InChI is InChI=1S/C18H48N9P3.2ClH/c1-13(2)19-28(20-14(3)4)25-29(21-15(5)6,22-16(7)8)27-30(26-28,23-17(9)10)24-18(11)12;;/h13-20H,1-12H3,(H4,21,22,23,24,25,27);2*1H. The smallest absolute Gasteiger partial charge is 0.535 e. The Hall–Kier alpha value is 1.03. The van der Waals surface area contributed by atoms with E-state index in [1.807, 2.05) is 0 Å². The van der Waals surface area contributed by atoms with Crippen molar-refractivity contribution in [3.05, 3.63) is 0 Å². The molecule has 0 saturated heterocycles. The van der Waals surface area contributed by atoms with Gasteiger partial charge in [-0.3, -0.25) is 10.2 Å². The fourth-order valence-corrected chi connectivity index (χ4v) is 17.6. The van der Waals surface area contributed by atoms with Gasteiger partial charge in [0.25, 0.3) is 0 Å². The molecule has 0 fully saturated rings. The van der Waals surface area contributed by atoms with E-state index in [0.717, 1.165) is 0 Å². The summed E-state index contributed by atoms with van der Waals surface area (Å²) in [6.45, 7) is 26.2. The van der Waals surface area contributed by atoms with Crippen molar-refractivity contribution in [2.45, 2.75) is 119 Å². The van der Waals surface area contributed by atoms with Crippen LogP contribution < -0.4 is 64.4 Å². The van der Waals surface area contributed by atoms with Crippen LogP contribution in [0.3, 0.4) is 0 Å². The molecule has 0 aliphatic carbocycles. The van der Waals surface area contributed by atoms with Gasteiger partial charge in [-0.15, -0.1) is 9.03 Å². The Bertz CT molecular complexity index is 648. The number of hydrogen-bond acceptors (Lipinski definition) is 5. The minimum Gasteiger partial charge on any atom is -1.00 e. The fourth-order valence-electron chi connectivity index (χ4n) is 3.41. The molecule has 1 heterocycles. The van der Waals surface area contributed by atoms with Crippen LogP contribution in [0.25, 0.3) is 0 Å². The van der Waals surface area contributed by atoms with Gasteiger partial charge >= 0.3 is 15.0 Å². The lowest BCUT2D eigenvalue weighted by Gasteiger charge is -2.38. The van der Waals surface area contributed by atoms with E-state index in [0.29, 0.717) is 12.1 Å². The van der Waals surface area contributed by atoms with Crippen LogP contribution in [0.4, 0.5) is 0 Å². The van der Waals surface area contributed by atoms with E-state index in [2.05, 4.69) is 123 Å². The average Bonchev–Trinajstić information content (AvgIpc) is 2.39. The highest BCUT2D eigenvalue weighted by atomic mass is 35.5. The van der Waals surface area contributed by atoms with Gasteiger partial charge in [-0.25, -0.2) is 10.2 Å². The van der Waals surface area contributed by atoms with Gasteiger partial charge in [-0.2, -0.15) is 14.7 Å². The molecule has 0 saturated carbocycles. The predicted octanol–water partition coefficient (Wildman–Crippen LogP) is -4.00. The van der Waals surface area contributed by atoms with Crippen LogP contribution in [0.5, 0.6) is 0 Å². The van der Waals surface area contributed by atoms with E-state index >= 15 is 0 Å². The second-order valence-electron chi connectivity index (χ2n) is 9.93. The Morgan fingerprint density at radius 3 is 1.31 bits per heavy atom. The average molecular weight is 556 g/mol. The molecule has 9 nitrogen and oxygen atoms in total. The molecule has 14 heteroatoms. The first-order valence-corrected chi connectivity index (χ1v) is 16.6. The summed E-state index contributed by atoms with van der Waals surface area (Å²) in [5.74, 6) is 0. The summed E-state index contributed by atoms with van der Waals surface area (Å²) < 4.78 is 13.3. The molecule has 1 aliphatic heterocycles. The van der Waals surface area contributed by atoms with Gasteiger partial charge < -0.3 is 24.8 Å². The molecule has 196 valence electrons. The minimum absolute atomic E-state index is 0. The summed E-state index contributed by atoms with van der Waals surface area (Å²) in [6, 6.07) is 1.70. The Labute approximate surface area is 210 Å². The Morgan fingerprint density at radius 2 is 1.00 bits per heavy atom. The van der Waals surface area contributed by atoms with Gasteiger partial charge in [0.15, 0.2) is 7.51 Å². The molecule has 0 aromatic carbocycles. The van der Waals surface area contributed by atoms with E-state index in [-0.39, 0.29) is 49.0 Å². The second kappa shape index (κ2) is 14.6. The Kier molecular flexibility index (Phi) is 16.0. The zero-order chi connectivity index (χ0) is 23.3. The molecule has 0 bridgehead atoms. The zero-order valence-electron chi connectivity index (χ0n) is 22.0. The normalized spacial score (nSPS) is 22.1. The van der Waals surface area contributed by atoms with E-state index in [1.165, 1.54) is 0 Å². The predicted molar refractivity (Wildman–Crippen MR) is 135 cm³/mol. The minimum atomic E-state index is -2.31. The maximum Gasteiger partial charge on any atom is 0.535 e. The first-order chi connectivity index (χ1) is 13.6. The quantitative estimate of drug-likeness (QED) is 0.123. The largest absolute Gasteiger partial charge is 1.00 e. The third kappa shape index (κ3) is 11.6. The van der Waals surface area contributed by atoms with Gasteiger partial charge in [0, 0.05) is 30.2 Å². The van der Waals surface area contributed by atoms with Crippen molar-refractivity contribution in [1.82, 2.24) is 30.3 Å². The summed E-state index contributed by atoms with van der Waals surface area (Å²) in [5, 5.41) is 19.1. The second-order valence-corrected chi connectivity index (χ2v) is 17.7. The van der Waals surface area contributed by atoms with Gasteiger partial charge in [0.1, 0.15) is 6.04 Å². The molecule has 0 spiro atoms. The van der Waals surface area contributed by atoms with Crippen molar-refractivity contribution in [2.75, 3.05) is 0 Å². The number of hydrogen-bond donors (Lipinski definition) is 8. The summed E-state index contributed by atoms with van der Waals surface area (Å²) in [4.78, 5) is 3.95. The van der Waals surface area contributed by atoms with Crippen LogP contribution in [0.2, 0.25) is 0 Å². The first-order valence-electron chi connectivity index (χ1n) is 11.3. The Balaban J connectivity index is 0. The first kappa shape index (κ1) is 35.2. The van der Waals surface area contributed by atoms with E-state index < -0.39 is 22.5 Å². The van der Waals surface area contributed by atoms with Crippen LogP contribution >= 0.6 is 22.5 Å². The van der Waals surface area contributed by atoms with Crippen molar-refractivity contribution >= 4 is 22.5 Å². The van der Waals surface area contributed by atoms with Crippen molar-refractivity contribution in [3.8, 4) is 0 Å². The SMILES string of the molecule is CC(C)NP1(NC(C)C)=N[P@](NC(C)C)(=[NH+]C(C)C)[NH+]=P(NC(C)C)(NC(C)C)N1.[Cl-].[Cl-]. The molecule has 0 unspecified atom stereocenters. The molecular formula is C18H50Cl2N9P3. The van der Waals surface area contributed by atoms with Crippen molar-refractivity contribution in [1.29, 1.82) is 0 Å². The van der Waals surface area contributed by atoms with Crippen LogP contribution in [-0.4, -0.2) is 36.3 Å². The lowest BCUT2D eigenvalue weighted by molar-refractivity contribution is -0.505. The molecule has 32 heavy (non-hydrogen) atoms. The van der Waals surface area contributed by atoms with E-state index in [4.69, 9.17) is 4.52 Å². The molecule has 1 rings (SSSR count). The van der Waals surface area contributed by atoms with Crippen molar-refractivity contribution in [3.63, 3.8) is 0 Å². The van der Waals surface area contributed by atoms with E-state index in [1.54, 1.807) is 0 Å². The van der Waals surface area contributed by atoms with E-state index in [9.17, 15) is 0 Å². The van der Waals surface area contributed by atoms with Gasteiger partial charge in [-0.1, -0.05) is 0 Å². The highest BCUT2D eigenvalue weighted by molar-refractivity contribution is 7.81. The van der Waals surface area contributed by atoms with Gasteiger partial charge in [0.05, 0.1) is 0 Å². The van der Waals surface area contributed by atoms with Crippen molar-refractivity contribution in [2.24, 2.45) is 4.52 Å². The highest BCUT2D eigenvalue weighted by Gasteiger charge is 2.50. The zero-order valence-corrected chi connectivity index (χ0v) is 26.2. The lowest BCUT2D eigenvalue weighted by atomic mass is 10.4. The summed E-state index contributed by atoms with van der Waals surface area (Å²) in [7, 11) is -6.83. The molecule has 1 atom stereocenters. The third-order valence-corrected chi connectivity index (χ3v) is 15.8. The third-order valence-electron chi connectivity index (χ3n) is 3.54. The molecule has 1 aliphatic rings. The van der Waals surface area contributed by atoms with Crippen LogP contribution in [0.1, 0.15) is 83.1 Å². The Morgan fingerprint density at radius 1 is 0.625 bits per heavy atom. The molecular weight excluding hydrogens is 506 g/mol. The molecule has 0 aromatic rings. The lowest BCUT2D eigenvalue weighted by Crippen LogP contribution is -3.00. The molecule has 0 radical (unpaired) electrons. The van der Waals surface area contributed by atoms with Crippen molar-refractivity contribution < 1.29 is 34.1 Å². The van der Waals surface area contributed by atoms with Crippen LogP contribution in [-0.2, 0) is 0 Å². The van der Waals surface area contributed by atoms with Gasteiger partial charge in [0.2, 0.25) is 0 Å². The van der Waals surface area contributed by atoms with Gasteiger partial charge in [-0.05, 0) is 83.1 Å². The molecule has 8 N–H and O–H groups in total. The molecule has 0 amide bonds. The number of halogens is 2. The number of nitrogens with zero attached hydrogens (tertiary/aromatic N) is 1.